The van der Waals surface area contributed by atoms with E-state index in [4.69, 9.17) is 19.9 Å². The lowest BCUT2D eigenvalue weighted by Crippen LogP contribution is -2.36. The van der Waals surface area contributed by atoms with Crippen LogP contribution in [0.1, 0.15) is 30.9 Å². The molecular formula is C14H21NO3. The SMILES string of the molecule is COc1ccc(C(C)C)cc1C1(CN)OCCO1. The summed E-state index contributed by atoms with van der Waals surface area (Å²) in [4.78, 5) is 0. The van der Waals surface area contributed by atoms with Crippen molar-refractivity contribution in [3.8, 4) is 5.75 Å². The minimum Gasteiger partial charge on any atom is -0.496 e. The first-order valence-corrected chi connectivity index (χ1v) is 6.29. The standard InChI is InChI=1S/C14H21NO3/c1-10(2)11-4-5-13(16-3)12(8-11)14(9-15)17-6-7-18-14/h4-5,8,10H,6-7,9,15H2,1-3H3. The summed E-state index contributed by atoms with van der Waals surface area (Å²) in [7, 11) is 1.65. The topological polar surface area (TPSA) is 53.7 Å². The van der Waals surface area contributed by atoms with Crippen molar-refractivity contribution in [3.63, 3.8) is 0 Å². The quantitative estimate of drug-likeness (QED) is 0.889. The number of rotatable bonds is 4. The molecule has 1 fully saturated rings. The summed E-state index contributed by atoms with van der Waals surface area (Å²) in [5.74, 6) is 0.341. The molecule has 0 spiro atoms. The molecule has 1 heterocycles. The number of benzene rings is 1. The Morgan fingerprint density at radius 1 is 1.33 bits per heavy atom. The van der Waals surface area contributed by atoms with E-state index in [1.165, 1.54) is 5.56 Å². The van der Waals surface area contributed by atoms with Crippen LogP contribution in [-0.4, -0.2) is 26.9 Å². The minimum atomic E-state index is -0.851. The number of ether oxygens (including phenoxy) is 3. The summed E-state index contributed by atoms with van der Waals surface area (Å²) in [6.07, 6.45) is 0. The largest absolute Gasteiger partial charge is 0.496 e. The van der Waals surface area contributed by atoms with Gasteiger partial charge in [-0.25, -0.2) is 0 Å². The van der Waals surface area contributed by atoms with Crippen LogP contribution in [0.2, 0.25) is 0 Å². The molecule has 2 N–H and O–H groups in total. The maximum Gasteiger partial charge on any atom is 0.211 e. The van der Waals surface area contributed by atoms with Gasteiger partial charge in [-0.1, -0.05) is 19.9 Å². The van der Waals surface area contributed by atoms with E-state index >= 15 is 0 Å². The van der Waals surface area contributed by atoms with Crippen molar-refractivity contribution in [3.05, 3.63) is 29.3 Å². The van der Waals surface area contributed by atoms with Crippen molar-refractivity contribution >= 4 is 0 Å². The molecule has 0 aromatic heterocycles. The Hall–Kier alpha value is -1.10. The lowest BCUT2D eigenvalue weighted by molar-refractivity contribution is -0.157. The van der Waals surface area contributed by atoms with Gasteiger partial charge in [-0.15, -0.1) is 0 Å². The molecule has 0 unspecified atom stereocenters. The smallest absolute Gasteiger partial charge is 0.211 e. The van der Waals surface area contributed by atoms with Crippen molar-refractivity contribution in [2.75, 3.05) is 26.9 Å². The third kappa shape index (κ3) is 2.23. The fourth-order valence-corrected chi connectivity index (χ4v) is 2.22. The van der Waals surface area contributed by atoms with Crippen LogP contribution in [0.4, 0.5) is 0 Å². The fraction of sp³-hybridized carbons (Fsp3) is 0.571. The first-order chi connectivity index (χ1) is 8.63. The van der Waals surface area contributed by atoms with E-state index < -0.39 is 5.79 Å². The van der Waals surface area contributed by atoms with Gasteiger partial charge in [-0.3, -0.25) is 0 Å². The van der Waals surface area contributed by atoms with Crippen LogP contribution in [0.25, 0.3) is 0 Å². The molecule has 1 saturated heterocycles. The molecule has 0 atom stereocenters. The lowest BCUT2D eigenvalue weighted by atomic mass is 9.96. The third-order valence-corrected chi connectivity index (χ3v) is 3.32. The summed E-state index contributed by atoms with van der Waals surface area (Å²) in [5, 5.41) is 0. The van der Waals surface area contributed by atoms with Crippen LogP contribution in [0, 0.1) is 0 Å². The zero-order valence-electron chi connectivity index (χ0n) is 11.2. The number of hydrogen-bond acceptors (Lipinski definition) is 4. The summed E-state index contributed by atoms with van der Waals surface area (Å²) in [6.45, 7) is 5.71. The molecule has 2 rings (SSSR count). The highest BCUT2D eigenvalue weighted by Gasteiger charge is 2.39. The highest BCUT2D eigenvalue weighted by Crippen LogP contribution is 2.38. The van der Waals surface area contributed by atoms with Crippen LogP contribution in [0.3, 0.4) is 0 Å². The molecule has 0 radical (unpaired) electrons. The van der Waals surface area contributed by atoms with Crippen LogP contribution in [-0.2, 0) is 15.3 Å². The molecule has 1 aliphatic heterocycles. The molecule has 0 aliphatic carbocycles. The first-order valence-electron chi connectivity index (χ1n) is 6.29. The summed E-state index contributed by atoms with van der Waals surface area (Å²) >= 11 is 0. The average molecular weight is 251 g/mol. The molecule has 1 aromatic carbocycles. The van der Waals surface area contributed by atoms with Crippen LogP contribution in [0.5, 0.6) is 5.75 Å². The van der Waals surface area contributed by atoms with Gasteiger partial charge in [0.1, 0.15) is 5.75 Å². The maximum absolute atomic E-state index is 5.85. The minimum absolute atomic E-state index is 0.283. The van der Waals surface area contributed by atoms with Gasteiger partial charge in [0.25, 0.3) is 0 Å². The van der Waals surface area contributed by atoms with Crippen molar-refractivity contribution in [1.82, 2.24) is 0 Å². The highest BCUT2D eigenvalue weighted by atomic mass is 16.7. The predicted molar refractivity (Wildman–Crippen MR) is 69.7 cm³/mol. The second-order valence-corrected chi connectivity index (χ2v) is 4.77. The zero-order valence-corrected chi connectivity index (χ0v) is 11.2. The van der Waals surface area contributed by atoms with E-state index in [0.717, 1.165) is 11.3 Å². The van der Waals surface area contributed by atoms with Gasteiger partial charge >= 0.3 is 0 Å². The van der Waals surface area contributed by atoms with Gasteiger partial charge in [0.05, 0.1) is 32.4 Å². The Morgan fingerprint density at radius 3 is 2.50 bits per heavy atom. The van der Waals surface area contributed by atoms with E-state index in [0.29, 0.717) is 19.1 Å². The normalized spacial score (nSPS) is 18.3. The molecule has 4 nitrogen and oxygen atoms in total. The molecule has 18 heavy (non-hydrogen) atoms. The van der Waals surface area contributed by atoms with Gasteiger partial charge < -0.3 is 19.9 Å². The van der Waals surface area contributed by atoms with Crippen molar-refractivity contribution in [2.24, 2.45) is 5.73 Å². The monoisotopic (exact) mass is 251 g/mol. The maximum atomic E-state index is 5.85. The van der Waals surface area contributed by atoms with E-state index in [-0.39, 0.29) is 6.54 Å². The molecule has 0 bridgehead atoms. The summed E-state index contributed by atoms with van der Waals surface area (Å²) < 4.78 is 16.9. The molecule has 0 amide bonds. The highest BCUT2D eigenvalue weighted by molar-refractivity contribution is 5.41. The number of nitrogens with two attached hydrogens (primary N) is 1. The van der Waals surface area contributed by atoms with Crippen molar-refractivity contribution in [2.45, 2.75) is 25.6 Å². The van der Waals surface area contributed by atoms with E-state index in [1.54, 1.807) is 7.11 Å². The summed E-state index contributed by atoms with van der Waals surface area (Å²) in [6, 6.07) is 6.08. The van der Waals surface area contributed by atoms with Crippen LogP contribution in [0.15, 0.2) is 18.2 Å². The second kappa shape index (κ2) is 5.26. The van der Waals surface area contributed by atoms with Crippen molar-refractivity contribution in [1.29, 1.82) is 0 Å². The molecule has 1 aliphatic rings. The molecule has 0 saturated carbocycles. The Morgan fingerprint density at radius 2 is 2.00 bits per heavy atom. The van der Waals surface area contributed by atoms with Gasteiger partial charge in [0.15, 0.2) is 0 Å². The molecule has 1 aromatic rings. The van der Waals surface area contributed by atoms with Gasteiger partial charge in [-0.2, -0.15) is 0 Å². The van der Waals surface area contributed by atoms with E-state index in [2.05, 4.69) is 26.0 Å². The fourth-order valence-electron chi connectivity index (χ4n) is 2.22. The van der Waals surface area contributed by atoms with E-state index in [9.17, 15) is 0 Å². The molecule has 4 heteroatoms. The van der Waals surface area contributed by atoms with Crippen LogP contribution >= 0.6 is 0 Å². The lowest BCUT2D eigenvalue weighted by Gasteiger charge is -2.28. The Bertz CT molecular complexity index is 412. The molecular weight excluding hydrogens is 230 g/mol. The Kier molecular flexibility index (Phi) is 3.90. The van der Waals surface area contributed by atoms with Crippen molar-refractivity contribution < 1.29 is 14.2 Å². The Labute approximate surface area is 108 Å². The predicted octanol–water partition coefficient (Wildman–Crippen LogP) is 1.98. The third-order valence-electron chi connectivity index (χ3n) is 3.32. The van der Waals surface area contributed by atoms with Gasteiger partial charge in [0.2, 0.25) is 5.79 Å². The first kappa shape index (κ1) is 13.3. The van der Waals surface area contributed by atoms with Crippen LogP contribution < -0.4 is 10.5 Å². The van der Waals surface area contributed by atoms with E-state index in [1.807, 2.05) is 6.07 Å². The summed E-state index contributed by atoms with van der Waals surface area (Å²) in [5.41, 5.74) is 7.95. The second-order valence-electron chi connectivity index (χ2n) is 4.77. The average Bonchev–Trinajstić information content (AvgIpc) is 2.87. The van der Waals surface area contributed by atoms with Gasteiger partial charge in [0, 0.05) is 0 Å². The number of hydrogen-bond donors (Lipinski definition) is 1. The molecule has 100 valence electrons. The van der Waals surface area contributed by atoms with Gasteiger partial charge in [-0.05, 0) is 23.6 Å². The zero-order chi connectivity index (χ0) is 13.2. The number of methoxy groups -OCH3 is 1. The Balaban J connectivity index is 2.48.